The molecule has 2 atom stereocenters. The minimum atomic E-state index is 0.999. The molecule has 2 nitrogen and oxygen atoms in total. The minimum Gasteiger partial charge on any atom is -0.316 e. The number of rotatable bonds is 2. The lowest BCUT2D eigenvalue weighted by Gasteiger charge is -2.18. The first-order chi connectivity index (χ1) is 6.43. The largest absolute Gasteiger partial charge is 0.316 e. The van der Waals surface area contributed by atoms with Crippen LogP contribution in [0.2, 0.25) is 0 Å². The SMILES string of the molecule is C1CC(C2CCN(C3CC3)C2)CN1. The first kappa shape index (κ1) is 8.25. The van der Waals surface area contributed by atoms with Gasteiger partial charge >= 0.3 is 0 Å². The third-order valence-electron chi connectivity index (χ3n) is 4.08. The molecule has 0 aromatic rings. The highest BCUT2D eigenvalue weighted by Gasteiger charge is 2.37. The van der Waals surface area contributed by atoms with Gasteiger partial charge in [0.1, 0.15) is 0 Å². The molecule has 1 aliphatic carbocycles. The van der Waals surface area contributed by atoms with Gasteiger partial charge in [-0.05, 0) is 57.2 Å². The molecule has 2 heteroatoms. The van der Waals surface area contributed by atoms with Gasteiger partial charge in [0.25, 0.3) is 0 Å². The molecule has 0 aromatic heterocycles. The smallest absolute Gasteiger partial charge is 0.00965 e. The number of nitrogens with zero attached hydrogens (tertiary/aromatic N) is 1. The van der Waals surface area contributed by atoms with Gasteiger partial charge in [-0.2, -0.15) is 0 Å². The van der Waals surface area contributed by atoms with Crippen LogP contribution in [0.25, 0.3) is 0 Å². The zero-order chi connectivity index (χ0) is 8.67. The van der Waals surface area contributed by atoms with E-state index in [1.807, 2.05) is 0 Å². The molecule has 0 amide bonds. The number of likely N-dealkylation sites (tertiary alicyclic amines) is 1. The van der Waals surface area contributed by atoms with Crippen LogP contribution in [0.1, 0.15) is 25.7 Å². The summed E-state index contributed by atoms with van der Waals surface area (Å²) in [6.07, 6.45) is 5.87. The molecular weight excluding hydrogens is 160 g/mol. The van der Waals surface area contributed by atoms with Gasteiger partial charge < -0.3 is 10.2 Å². The molecule has 2 unspecified atom stereocenters. The van der Waals surface area contributed by atoms with Crippen LogP contribution in [-0.2, 0) is 0 Å². The van der Waals surface area contributed by atoms with Crippen molar-refractivity contribution in [2.45, 2.75) is 31.7 Å². The van der Waals surface area contributed by atoms with Crippen LogP contribution in [0.5, 0.6) is 0 Å². The minimum absolute atomic E-state index is 0.999. The summed E-state index contributed by atoms with van der Waals surface area (Å²) in [5, 5.41) is 3.49. The summed E-state index contributed by atoms with van der Waals surface area (Å²) >= 11 is 0. The third-order valence-corrected chi connectivity index (χ3v) is 4.08. The quantitative estimate of drug-likeness (QED) is 0.684. The topological polar surface area (TPSA) is 15.3 Å². The van der Waals surface area contributed by atoms with Crippen molar-refractivity contribution in [3.63, 3.8) is 0 Å². The molecule has 3 fully saturated rings. The normalized spacial score (nSPS) is 41.5. The standard InChI is InChI=1S/C11H20N2/c1-2-11(1)13-6-4-10(8-13)9-3-5-12-7-9/h9-12H,1-8H2. The van der Waals surface area contributed by atoms with Crippen LogP contribution in [0.15, 0.2) is 0 Å². The maximum Gasteiger partial charge on any atom is 0.00965 e. The fourth-order valence-electron chi connectivity index (χ4n) is 3.05. The molecule has 0 bridgehead atoms. The van der Waals surface area contributed by atoms with Crippen LogP contribution in [0, 0.1) is 11.8 Å². The molecule has 2 aliphatic heterocycles. The Bertz CT molecular complexity index is 183. The molecule has 74 valence electrons. The highest BCUT2D eigenvalue weighted by Crippen LogP contribution is 2.35. The van der Waals surface area contributed by atoms with E-state index < -0.39 is 0 Å². The Morgan fingerprint density at radius 3 is 2.62 bits per heavy atom. The molecule has 13 heavy (non-hydrogen) atoms. The van der Waals surface area contributed by atoms with Crippen molar-refractivity contribution in [1.82, 2.24) is 10.2 Å². The fourth-order valence-corrected chi connectivity index (χ4v) is 3.05. The summed E-state index contributed by atoms with van der Waals surface area (Å²) < 4.78 is 0. The predicted octanol–water partition coefficient (Wildman–Crippen LogP) is 1.08. The zero-order valence-electron chi connectivity index (χ0n) is 8.34. The second-order valence-electron chi connectivity index (χ2n) is 5.03. The van der Waals surface area contributed by atoms with E-state index in [1.54, 1.807) is 0 Å². The lowest BCUT2D eigenvalue weighted by atomic mass is 9.91. The van der Waals surface area contributed by atoms with Gasteiger partial charge in [0, 0.05) is 12.6 Å². The van der Waals surface area contributed by atoms with E-state index in [9.17, 15) is 0 Å². The van der Waals surface area contributed by atoms with E-state index in [4.69, 9.17) is 0 Å². The predicted molar refractivity (Wildman–Crippen MR) is 53.7 cm³/mol. The molecule has 0 aromatic carbocycles. The molecule has 3 rings (SSSR count). The molecule has 3 aliphatic rings. The summed E-state index contributed by atoms with van der Waals surface area (Å²) in [7, 11) is 0. The second kappa shape index (κ2) is 3.25. The van der Waals surface area contributed by atoms with Crippen molar-refractivity contribution < 1.29 is 0 Å². The average molecular weight is 180 g/mol. The van der Waals surface area contributed by atoms with Crippen LogP contribution in [0.3, 0.4) is 0 Å². The van der Waals surface area contributed by atoms with E-state index >= 15 is 0 Å². The highest BCUT2D eigenvalue weighted by molar-refractivity contribution is 4.92. The number of nitrogens with one attached hydrogen (secondary N) is 1. The first-order valence-corrected chi connectivity index (χ1v) is 5.88. The van der Waals surface area contributed by atoms with Crippen molar-refractivity contribution in [2.24, 2.45) is 11.8 Å². The zero-order valence-corrected chi connectivity index (χ0v) is 8.34. The highest BCUT2D eigenvalue weighted by atomic mass is 15.2. The first-order valence-electron chi connectivity index (χ1n) is 5.88. The summed E-state index contributed by atoms with van der Waals surface area (Å²) in [4.78, 5) is 2.74. The van der Waals surface area contributed by atoms with Crippen molar-refractivity contribution >= 4 is 0 Å². The molecule has 0 radical (unpaired) electrons. The lowest BCUT2D eigenvalue weighted by Crippen LogP contribution is -2.25. The summed E-state index contributed by atoms with van der Waals surface area (Å²) in [5.41, 5.74) is 0. The van der Waals surface area contributed by atoms with Gasteiger partial charge in [-0.1, -0.05) is 0 Å². The molecular formula is C11H20N2. The van der Waals surface area contributed by atoms with Gasteiger partial charge in [0.15, 0.2) is 0 Å². The molecule has 0 spiro atoms. The van der Waals surface area contributed by atoms with Crippen LogP contribution in [0.4, 0.5) is 0 Å². The van der Waals surface area contributed by atoms with E-state index in [0.29, 0.717) is 0 Å². The average Bonchev–Trinajstić information content (AvgIpc) is 2.72. The van der Waals surface area contributed by atoms with Gasteiger partial charge in [0.2, 0.25) is 0 Å². The second-order valence-corrected chi connectivity index (χ2v) is 5.03. The van der Waals surface area contributed by atoms with Crippen LogP contribution < -0.4 is 5.32 Å². The van der Waals surface area contributed by atoms with Crippen molar-refractivity contribution in [2.75, 3.05) is 26.2 Å². The Kier molecular flexibility index (Phi) is 2.06. The molecule has 2 heterocycles. The van der Waals surface area contributed by atoms with E-state index in [1.165, 1.54) is 51.9 Å². The van der Waals surface area contributed by atoms with Gasteiger partial charge in [-0.25, -0.2) is 0 Å². The Morgan fingerprint density at radius 1 is 1.00 bits per heavy atom. The molecule has 1 saturated carbocycles. The van der Waals surface area contributed by atoms with Crippen molar-refractivity contribution in [3.8, 4) is 0 Å². The Labute approximate surface area is 80.7 Å². The monoisotopic (exact) mass is 180 g/mol. The lowest BCUT2D eigenvalue weighted by molar-refractivity contribution is 0.288. The van der Waals surface area contributed by atoms with Crippen LogP contribution >= 0.6 is 0 Å². The van der Waals surface area contributed by atoms with Crippen LogP contribution in [-0.4, -0.2) is 37.1 Å². The maximum absolute atomic E-state index is 3.49. The molecule has 2 saturated heterocycles. The molecule has 1 N–H and O–H groups in total. The summed E-state index contributed by atoms with van der Waals surface area (Å²) in [6.45, 7) is 5.37. The van der Waals surface area contributed by atoms with Crippen molar-refractivity contribution in [1.29, 1.82) is 0 Å². The third kappa shape index (κ3) is 1.62. The Hall–Kier alpha value is -0.0800. The van der Waals surface area contributed by atoms with Gasteiger partial charge in [-0.3, -0.25) is 0 Å². The van der Waals surface area contributed by atoms with Gasteiger partial charge in [-0.15, -0.1) is 0 Å². The Morgan fingerprint density at radius 2 is 1.92 bits per heavy atom. The number of hydrogen-bond acceptors (Lipinski definition) is 2. The van der Waals surface area contributed by atoms with Crippen molar-refractivity contribution in [3.05, 3.63) is 0 Å². The van der Waals surface area contributed by atoms with E-state index in [-0.39, 0.29) is 0 Å². The Balaban J connectivity index is 1.55. The number of hydrogen-bond donors (Lipinski definition) is 1. The van der Waals surface area contributed by atoms with Gasteiger partial charge in [0.05, 0.1) is 0 Å². The summed E-state index contributed by atoms with van der Waals surface area (Å²) in [5.74, 6) is 2.03. The van der Waals surface area contributed by atoms with E-state index in [2.05, 4.69) is 10.2 Å². The summed E-state index contributed by atoms with van der Waals surface area (Å²) in [6, 6.07) is 0.999. The maximum atomic E-state index is 3.49. The van der Waals surface area contributed by atoms with E-state index in [0.717, 1.165) is 17.9 Å². The fraction of sp³-hybridized carbons (Fsp3) is 1.00.